The Labute approximate surface area is 97.7 Å². The van der Waals surface area contributed by atoms with Gasteiger partial charge in [-0.3, -0.25) is 4.40 Å². The van der Waals surface area contributed by atoms with Crippen molar-refractivity contribution in [1.29, 1.82) is 0 Å². The van der Waals surface area contributed by atoms with Crippen LogP contribution in [0.5, 0.6) is 0 Å². The molecule has 0 saturated heterocycles. The highest BCUT2D eigenvalue weighted by atomic mass is 15.2. The van der Waals surface area contributed by atoms with Crippen molar-refractivity contribution in [1.82, 2.24) is 14.6 Å². The average Bonchev–Trinajstić information content (AvgIpc) is 2.71. The lowest BCUT2D eigenvalue weighted by Crippen LogP contribution is -1.94. The molecule has 5 heteroatoms. The fourth-order valence-electron chi connectivity index (χ4n) is 1.84. The highest BCUT2D eigenvalue weighted by molar-refractivity contribution is 5.69. The van der Waals surface area contributed by atoms with Gasteiger partial charge in [0.1, 0.15) is 0 Å². The molecule has 3 aromatic rings. The molecule has 1 aromatic carbocycles. The Morgan fingerprint density at radius 3 is 2.47 bits per heavy atom. The Kier molecular flexibility index (Phi) is 1.98. The molecule has 5 nitrogen and oxygen atoms in total. The molecule has 0 saturated carbocycles. The SMILES string of the molecule is Nc1cc(N)cc(-c2nnc3ccccn23)c1. The van der Waals surface area contributed by atoms with E-state index in [0.717, 1.165) is 17.0 Å². The fourth-order valence-corrected chi connectivity index (χ4v) is 1.84. The molecular formula is C12H11N5. The third-order valence-corrected chi connectivity index (χ3v) is 2.55. The Balaban J connectivity index is 2.27. The van der Waals surface area contributed by atoms with Gasteiger partial charge in [-0.15, -0.1) is 10.2 Å². The van der Waals surface area contributed by atoms with Crippen molar-refractivity contribution in [2.45, 2.75) is 0 Å². The van der Waals surface area contributed by atoms with E-state index in [2.05, 4.69) is 10.2 Å². The molecule has 2 aromatic heterocycles. The van der Waals surface area contributed by atoms with E-state index in [1.807, 2.05) is 40.9 Å². The molecule has 17 heavy (non-hydrogen) atoms. The summed E-state index contributed by atoms with van der Waals surface area (Å²) in [5, 5.41) is 8.24. The van der Waals surface area contributed by atoms with Gasteiger partial charge in [0, 0.05) is 23.1 Å². The van der Waals surface area contributed by atoms with Gasteiger partial charge in [-0.2, -0.15) is 0 Å². The van der Waals surface area contributed by atoms with E-state index in [-0.39, 0.29) is 0 Å². The first-order chi connectivity index (χ1) is 8.24. The van der Waals surface area contributed by atoms with E-state index >= 15 is 0 Å². The fraction of sp³-hybridized carbons (Fsp3) is 0. The van der Waals surface area contributed by atoms with Gasteiger partial charge in [0.25, 0.3) is 0 Å². The normalized spacial score (nSPS) is 10.8. The third-order valence-electron chi connectivity index (χ3n) is 2.55. The number of nitrogens with two attached hydrogens (primary N) is 2. The molecule has 0 aliphatic rings. The molecule has 84 valence electrons. The second-order valence-electron chi connectivity index (χ2n) is 3.84. The summed E-state index contributed by atoms with van der Waals surface area (Å²) in [6, 6.07) is 11.1. The lowest BCUT2D eigenvalue weighted by atomic mass is 10.1. The minimum Gasteiger partial charge on any atom is -0.399 e. The molecule has 0 amide bonds. The van der Waals surface area contributed by atoms with E-state index in [1.54, 1.807) is 6.07 Å². The van der Waals surface area contributed by atoms with Gasteiger partial charge in [-0.25, -0.2) is 0 Å². The maximum absolute atomic E-state index is 5.77. The lowest BCUT2D eigenvalue weighted by Gasteiger charge is -2.03. The third kappa shape index (κ3) is 1.57. The number of benzene rings is 1. The van der Waals surface area contributed by atoms with Crippen molar-refractivity contribution in [3.63, 3.8) is 0 Å². The lowest BCUT2D eigenvalue weighted by molar-refractivity contribution is 1.11. The van der Waals surface area contributed by atoms with Crippen LogP contribution in [-0.4, -0.2) is 14.6 Å². The summed E-state index contributed by atoms with van der Waals surface area (Å²) in [6.07, 6.45) is 1.91. The highest BCUT2D eigenvalue weighted by Crippen LogP contribution is 2.23. The maximum Gasteiger partial charge on any atom is 0.168 e. The van der Waals surface area contributed by atoms with E-state index in [0.29, 0.717) is 11.4 Å². The van der Waals surface area contributed by atoms with Gasteiger partial charge in [0.2, 0.25) is 0 Å². The largest absolute Gasteiger partial charge is 0.399 e. The van der Waals surface area contributed by atoms with Gasteiger partial charge in [0.15, 0.2) is 11.5 Å². The van der Waals surface area contributed by atoms with Gasteiger partial charge in [0.05, 0.1) is 0 Å². The van der Waals surface area contributed by atoms with Crippen LogP contribution in [0.1, 0.15) is 0 Å². The van der Waals surface area contributed by atoms with Crippen LogP contribution < -0.4 is 11.5 Å². The van der Waals surface area contributed by atoms with E-state index in [1.165, 1.54) is 0 Å². The minimum atomic E-state index is 0.618. The molecule has 3 rings (SSSR count). The summed E-state index contributed by atoms with van der Waals surface area (Å²) in [7, 11) is 0. The zero-order valence-electron chi connectivity index (χ0n) is 9.04. The topological polar surface area (TPSA) is 82.2 Å². The molecule has 0 fully saturated rings. The van der Waals surface area contributed by atoms with Crippen molar-refractivity contribution in [2.24, 2.45) is 0 Å². The van der Waals surface area contributed by atoms with E-state index in [4.69, 9.17) is 11.5 Å². The molecule has 0 unspecified atom stereocenters. The van der Waals surface area contributed by atoms with Crippen LogP contribution in [0, 0.1) is 0 Å². The Morgan fingerprint density at radius 2 is 1.71 bits per heavy atom. The molecule has 0 radical (unpaired) electrons. The summed E-state index contributed by atoms with van der Waals surface area (Å²) in [4.78, 5) is 0. The maximum atomic E-state index is 5.77. The van der Waals surface area contributed by atoms with Crippen LogP contribution in [0.25, 0.3) is 17.0 Å². The molecule has 2 heterocycles. The van der Waals surface area contributed by atoms with Crippen LogP contribution in [-0.2, 0) is 0 Å². The predicted molar refractivity (Wildman–Crippen MR) is 67.2 cm³/mol. The second kappa shape index (κ2) is 3.48. The first kappa shape index (κ1) is 9.65. The van der Waals surface area contributed by atoms with Crippen LogP contribution in [0.4, 0.5) is 11.4 Å². The summed E-state index contributed by atoms with van der Waals surface area (Å²) < 4.78 is 1.90. The van der Waals surface area contributed by atoms with Gasteiger partial charge in [-0.1, -0.05) is 6.07 Å². The monoisotopic (exact) mass is 225 g/mol. The highest BCUT2D eigenvalue weighted by Gasteiger charge is 2.08. The average molecular weight is 225 g/mol. The number of pyridine rings is 1. The Bertz CT molecular complexity index is 666. The number of anilines is 2. The van der Waals surface area contributed by atoms with Crippen LogP contribution in [0.3, 0.4) is 0 Å². The summed E-state index contributed by atoms with van der Waals surface area (Å²) in [5.41, 5.74) is 14.4. The summed E-state index contributed by atoms with van der Waals surface area (Å²) >= 11 is 0. The number of nitrogens with zero attached hydrogens (tertiary/aromatic N) is 3. The van der Waals surface area contributed by atoms with Gasteiger partial charge >= 0.3 is 0 Å². The number of fused-ring (bicyclic) bond motifs is 1. The molecule has 0 aliphatic carbocycles. The van der Waals surface area contributed by atoms with Crippen LogP contribution in [0.15, 0.2) is 42.6 Å². The van der Waals surface area contributed by atoms with Crippen LogP contribution >= 0.6 is 0 Å². The molecular weight excluding hydrogens is 214 g/mol. The van der Waals surface area contributed by atoms with Crippen molar-refractivity contribution in [3.8, 4) is 11.4 Å². The molecule has 0 aliphatic heterocycles. The molecule has 4 N–H and O–H groups in total. The first-order valence-electron chi connectivity index (χ1n) is 5.20. The smallest absolute Gasteiger partial charge is 0.168 e. The summed E-state index contributed by atoms with van der Waals surface area (Å²) in [6.45, 7) is 0. The van der Waals surface area contributed by atoms with Crippen molar-refractivity contribution in [2.75, 3.05) is 11.5 Å². The number of hydrogen-bond donors (Lipinski definition) is 2. The van der Waals surface area contributed by atoms with Gasteiger partial charge in [-0.05, 0) is 30.3 Å². The number of hydrogen-bond acceptors (Lipinski definition) is 4. The van der Waals surface area contributed by atoms with Crippen molar-refractivity contribution < 1.29 is 0 Å². The Morgan fingerprint density at radius 1 is 0.941 bits per heavy atom. The number of aromatic nitrogens is 3. The number of rotatable bonds is 1. The van der Waals surface area contributed by atoms with Crippen molar-refractivity contribution >= 4 is 17.0 Å². The second-order valence-corrected chi connectivity index (χ2v) is 3.84. The molecule has 0 bridgehead atoms. The minimum absolute atomic E-state index is 0.618. The quantitative estimate of drug-likeness (QED) is 0.616. The number of nitrogen functional groups attached to an aromatic ring is 2. The first-order valence-corrected chi connectivity index (χ1v) is 5.20. The van der Waals surface area contributed by atoms with E-state index in [9.17, 15) is 0 Å². The van der Waals surface area contributed by atoms with Crippen LogP contribution in [0.2, 0.25) is 0 Å². The zero-order chi connectivity index (χ0) is 11.8. The van der Waals surface area contributed by atoms with E-state index < -0.39 is 0 Å². The zero-order valence-corrected chi connectivity index (χ0v) is 9.04. The standard InChI is InChI=1S/C12H11N5/c13-9-5-8(6-10(14)7-9)12-16-15-11-3-1-2-4-17(11)12/h1-7H,13-14H2. The van der Waals surface area contributed by atoms with Crippen molar-refractivity contribution in [3.05, 3.63) is 42.6 Å². The predicted octanol–water partition coefficient (Wildman–Crippen LogP) is 1.56. The Hall–Kier alpha value is -2.56. The molecule has 0 spiro atoms. The molecule has 0 atom stereocenters. The summed E-state index contributed by atoms with van der Waals surface area (Å²) in [5.74, 6) is 0.736. The van der Waals surface area contributed by atoms with Gasteiger partial charge < -0.3 is 11.5 Å².